The van der Waals surface area contributed by atoms with Gasteiger partial charge in [0.05, 0.1) is 0 Å². The topological polar surface area (TPSA) is 56.2 Å². The van der Waals surface area contributed by atoms with Crippen LogP contribution in [0.1, 0.15) is 5.56 Å². The predicted octanol–water partition coefficient (Wildman–Crippen LogP) is 2.29. The van der Waals surface area contributed by atoms with E-state index in [1.54, 1.807) is 4.52 Å². The second-order valence-corrected chi connectivity index (χ2v) is 3.97. The standard InChI is InChI=1S/C13H12N4/c1-9-11(14)7-8-17-13(9)15-12(16-17)10-5-3-2-4-6-10/h2-8H,14H2,1H3. The fourth-order valence-corrected chi connectivity index (χ4v) is 1.80. The lowest BCUT2D eigenvalue weighted by atomic mass is 10.2. The molecule has 0 fully saturated rings. The van der Waals surface area contributed by atoms with E-state index in [0.29, 0.717) is 0 Å². The van der Waals surface area contributed by atoms with E-state index in [0.717, 1.165) is 28.3 Å². The summed E-state index contributed by atoms with van der Waals surface area (Å²) in [5.74, 6) is 0.722. The third kappa shape index (κ3) is 1.54. The molecule has 1 aromatic carbocycles. The Bertz CT molecular complexity index is 670. The van der Waals surface area contributed by atoms with E-state index >= 15 is 0 Å². The Labute approximate surface area is 98.7 Å². The number of aromatic nitrogens is 3. The molecule has 3 aromatic rings. The number of fused-ring (bicyclic) bond motifs is 1. The molecule has 3 rings (SSSR count). The summed E-state index contributed by atoms with van der Waals surface area (Å²) in [4.78, 5) is 4.52. The van der Waals surface area contributed by atoms with Crippen LogP contribution in [0.25, 0.3) is 17.0 Å². The molecular formula is C13H12N4. The van der Waals surface area contributed by atoms with E-state index in [1.807, 2.05) is 49.5 Å². The third-order valence-corrected chi connectivity index (χ3v) is 2.83. The molecule has 0 bridgehead atoms. The Kier molecular flexibility index (Phi) is 2.08. The summed E-state index contributed by atoms with van der Waals surface area (Å²) in [6, 6.07) is 11.7. The van der Waals surface area contributed by atoms with E-state index in [2.05, 4.69) is 10.1 Å². The van der Waals surface area contributed by atoms with Crippen molar-refractivity contribution in [2.24, 2.45) is 0 Å². The Morgan fingerprint density at radius 1 is 1.12 bits per heavy atom. The maximum atomic E-state index is 5.85. The van der Waals surface area contributed by atoms with E-state index in [4.69, 9.17) is 5.73 Å². The van der Waals surface area contributed by atoms with Crippen LogP contribution < -0.4 is 5.73 Å². The number of nitrogen functional groups attached to an aromatic ring is 1. The smallest absolute Gasteiger partial charge is 0.182 e. The van der Waals surface area contributed by atoms with Gasteiger partial charge in [0, 0.05) is 23.0 Å². The van der Waals surface area contributed by atoms with Crippen molar-refractivity contribution in [2.75, 3.05) is 5.73 Å². The molecule has 0 unspecified atom stereocenters. The van der Waals surface area contributed by atoms with Crippen molar-refractivity contribution in [3.05, 3.63) is 48.2 Å². The molecule has 0 aliphatic heterocycles. The Morgan fingerprint density at radius 3 is 2.65 bits per heavy atom. The van der Waals surface area contributed by atoms with Gasteiger partial charge in [-0.3, -0.25) is 0 Å². The van der Waals surface area contributed by atoms with Crippen LogP contribution in [0, 0.1) is 6.92 Å². The fourth-order valence-electron chi connectivity index (χ4n) is 1.80. The van der Waals surface area contributed by atoms with Gasteiger partial charge in [-0.05, 0) is 13.0 Å². The highest BCUT2D eigenvalue weighted by Crippen LogP contribution is 2.20. The zero-order chi connectivity index (χ0) is 11.8. The minimum absolute atomic E-state index is 0.722. The van der Waals surface area contributed by atoms with Crippen LogP contribution >= 0.6 is 0 Å². The monoisotopic (exact) mass is 224 g/mol. The number of hydrogen-bond donors (Lipinski definition) is 1. The molecule has 17 heavy (non-hydrogen) atoms. The summed E-state index contributed by atoms with van der Waals surface area (Å²) >= 11 is 0. The van der Waals surface area contributed by atoms with Gasteiger partial charge in [-0.15, -0.1) is 5.10 Å². The molecule has 0 aliphatic carbocycles. The first-order valence-electron chi connectivity index (χ1n) is 5.42. The number of rotatable bonds is 1. The minimum atomic E-state index is 0.722. The molecule has 4 nitrogen and oxygen atoms in total. The van der Waals surface area contributed by atoms with Gasteiger partial charge in [0.15, 0.2) is 11.5 Å². The predicted molar refractivity (Wildman–Crippen MR) is 67.6 cm³/mol. The van der Waals surface area contributed by atoms with Crippen LogP contribution in [-0.2, 0) is 0 Å². The maximum absolute atomic E-state index is 5.85. The first kappa shape index (κ1) is 9.84. The molecule has 0 amide bonds. The van der Waals surface area contributed by atoms with E-state index in [-0.39, 0.29) is 0 Å². The largest absolute Gasteiger partial charge is 0.398 e. The second kappa shape index (κ2) is 3.59. The van der Waals surface area contributed by atoms with Gasteiger partial charge >= 0.3 is 0 Å². The normalized spacial score (nSPS) is 10.9. The highest BCUT2D eigenvalue weighted by atomic mass is 15.3. The van der Waals surface area contributed by atoms with Crippen molar-refractivity contribution in [3.63, 3.8) is 0 Å². The highest BCUT2D eigenvalue weighted by molar-refractivity contribution is 5.65. The number of hydrogen-bond acceptors (Lipinski definition) is 3. The second-order valence-electron chi connectivity index (χ2n) is 3.97. The zero-order valence-electron chi connectivity index (χ0n) is 9.46. The van der Waals surface area contributed by atoms with Gasteiger partial charge in [0.1, 0.15) is 0 Å². The van der Waals surface area contributed by atoms with Crippen LogP contribution in [0.15, 0.2) is 42.6 Å². The van der Waals surface area contributed by atoms with Crippen molar-refractivity contribution in [3.8, 4) is 11.4 Å². The van der Waals surface area contributed by atoms with Gasteiger partial charge < -0.3 is 5.73 Å². The van der Waals surface area contributed by atoms with Crippen molar-refractivity contribution < 1.29 is 0 Å². The molecule has 0 spiro atoms. The van der Waals surface area contributed by atoms with Gasteiger partial charge in [0.25, 0.3) is 0 Å². The van der Waals surface area contributed by atoms with Crippen molar-refractivity contribution in [1.82, 2.24) is 14.6 Å². The summed E-state index contributed by atoms with van der Waals surface area (Å²) < 4.78 is 1.76. The average molecular weight is 224 g/mol. The van der Waals surface area contributed by atoms with Gasteiger partial charge in [-0.25, -0.2) is 9.50 Å². The van der Waals surface area contributed by atoms with E-state index in [9.17, 15) is 0 Å². The Morgan fingerprint density at radius 2 is 1.88 bits per heavy atom. The SMILES string of the molecule is Cc1c(N)ccn2nc(-c3ccccc3)nc12. The van der Waals surface area contributed by atoms with E-state index < -0.39 is 0 Å². The Hall–Kier alpha value is -2.36. The Balaban J connectivity index is 2.24. The van der Waals surface area contributed by atoms with Crippen LogP contribution in [0.3, 0.4) is 0 Å². The fraction of sp³-hybridized carbons (Fsp3) is 0.0769. The lowest BCUT2D eigenvalue weighted by Gasteiger charge is -1.98. The van der Waals surface area contributed by atoms with Crippen molar-refractivity contribution in [2.45, 2.75) is 6.92 Å². The summed E-state index contributed by atoms with van der Waals surface area (Å²) in [7, 11) is 0. The van der Waals surface area contributed by atoms with Crippen molar-refractivity contribution >= 4 is 11.3 Å². The molecular weight excluding hydrogens is 212 g/mol. The molecule has 2 heterocycles. The van der Waals surface area contributed by atoms with Gasteiger partial charge in [0.2, 0.25) is 0 Å². The number of benzene rings is 1. The molecule has 2 N–H and O–H groups in total. The molecule has 84 valence electrons. The summed E-state index contributed by atoms with van der Waals surface area (Å²) in [6.45, 7) is 1.95. The summed E-state index contributed by atoms with van der Waals surface area (Å²) in [5.41, 5.74) is 9.37. The van der Waals surface area contributed by atoms with Crippen LogP contribution in [-0.4, -0.2) is 14.6 Å². The van der Waals surface area contributed by atoms with Gasteiger partial charge in [-0.2, -0.15) is 0 Å². The minimum Gasteiger partial charge on any atom is -0.398 e. The van der Waals surface area contributed by atoms with Crippen LogP contribution in [0.2, 0.25) is 0 Å². The number of anilines is 1. The molecule has 0 atom stereocenters. The average Bonchev–Trinajstić information content (AvgIpc) is 2.80. The first-order valence-corrected chi connectivity index (χ1v) is 5.42. The highest BCUT2D eigenvalue weighted by Gasteiger charge is 2.08. The molecule has 0 saturated carbocycles. The molecule has 0 aliphatic rings. The number of aryl methyl sites for hydroxylation is 1. The number of nitrogens with two attached hydrogens (primary N) is 1. The summed E-state index contributed by atoms with van der Waals surface area (Å²) in [5, 5.41) is 4.43. The number of nitrogens with zero attached hydrogens (tertiary/aromatic N) is 3. The van der Waals surface area contributed by atoms with Crippen LogP contribution in [0.5, 0.6) is 0 Å². The zero-order valence-corrected chi connectivity index (χ0v) is 9.46. The number of pyridine rings is 1. The lowest BCUT2D eigenvalue weighted by Crippen LogP contribution is -1.95. The third-order valence-electron chi connectivity index (χ3n) is 2.83. The van der Waals surface area contributed by atoms with Crippen LogP contribution in [0.4, 0.5) is 5.69 Å². The molecule has 0 saturated heterocycles. The van der Waals surface area contributed by atoms with Crippen molar-refractivity contribution in [1.29, 1.82) is 0 Å². The molecule has 0 radical (unpaired) electrons. The lowest BCUT2D eigenvalue weighted by molar-refractivity contribution is 0.961. The summed E-state index contributed by atoms with van der Waals surface area (Å²) in [6.07, 6.45) is 1.83. The quantitative estimate of drug-likeness (QED) is 0.690. The molecule has 4 heteroatoms. The van der Waals surface area contributed by atoms with Gasteiger partial charge in [-0.1, -0.05) is 30.3 Å². The van der Waals surface area contributed by atoms with E-state index in [1.165, 1.54) is 0 Å². The molecule has 2 aromatic heterocycles. The maximum Gasteiger partial charge on any atom is 0.182 e. The first-order chi connectivity index (χ1) is 8.25.